The first-order valence-electron chi connectivity index (χ1n) is 4.20. The number of nitrogens with zero attached hydrogens (tertiary/aromatic N) is 1. The van der Waals surface area contributed by atoms with Gasteiger partial charge in [0, 0.05) is 0 Å². The molecule has 1 fully saturated rings. The third-order valence-electron chi connectivity index (χ3n) is 2.21. The van der Waals surface area contributed by atoms with Gasteiger partial charge in [0.1, 0.15) is 5.56 Å². The fourth-order valence-electron chi connectivity index (χ4n) is 1.57. The van der Waals surface area contributed by atoms with Crippen molar-refractivity contribution in [1.29, 1.82) is 0 Å². The largest absolute Gasteiger partial charge is 0.478 e. The van der Waals surface area contributed by atoms with Crippen LogP contribution in [0.3, 0.4) is 0 Å². The maximum Gasteiger partial charge on any atom is 0.341 e. The molecule has 1 saturated heterocycles. The molecule has 2 N–H and O–H groups in total. The van der Waals surface area contributed by atoms with Crippen molar-refractivity contribution in [3.8, 4) is 0 Å². The van der Waals surface area contributed by atoms with Crippen molar-refractivity contribution < 1.29 is 14.4 Å². The quantitative estimate of drug-likeness (QED) is 0.707. The average Bonchev–Trinajstić information content (AvgIpc) is 2.74. The zero-order valence-corrected chi connectivity index (χ0v) is 6.99. The van der Waals surface area contributed by atoms with Crippen LogP contribution in [0.5, 0.6) is 0 Å². The Labute approximate surface area is 74.7 Å². The lowest BCUT2D eigenvalue weighted by Crippen LogP contribution is -2.14. The van der Waals surface area contributed by atoms with E-state index in [0.29, 0.717) is 5.76 Å². The van der Waals surface area contributed by atoms with E-state index in [2.05, 4.69) is 10.5 Å². The van der Waals surface area contributed by atoms with Gasteiger partial charge in [-0.05, 0) is 19.4 Å². The number of carbonyl (C=O) groups is 1. The minimum Gasteiger partial charge on any atom is -0.478 e. The summed E-state index contributed by atoms with van der Waals surface area (Å²) in [6, 6.07) is 0.0219. The van der Waals surface area contributed by atoms with E-state index in [1.54, 1.807) is 0 Å². The monoisotopic (exact) mass is 182 g/mol. The topological polar surface area (TPSA) is 75.4 Å². The Morgan fingerprint density at radius 3 is 3.23 bits per heavy atom. The highest BCUT2D eigenvalue weighted by atomic mass is 16.5. The zero-order valence-electron chi connectivity index (χ0n) is 6.99. The van der Waals surface area contributed by atoms with Gasteiger partial charge in [0.15, 0.2) is 5.76 Å². The average molecular weight is 182 g/mol. The van der Waals surface area contributed by atoms with Crippen LogP contribution in [-0.2, 0) is 0 Å². The van der Waals surface area contributed by atoms with Crippen LogP contribution in [0.25, 0.3) is 0 Å². The zero-order chi connectivity index (χ0) is 9.26. The summed E-state index contributed by atoms with van der Waals surface area (Å²) in [6.45, 7) is 0.907. The lowest BCUT2D eigenvalue weighted by molar-refractivity contribution is 0.0693. The van der Waals surface area contributed by atoms with Crippen LogP contribution in [0.1, 0.15) is 35.0 Å². The molecule has 2 heterocycles. The molecular formula is C8H10N2O3. The lowest BCUT2D eigenvalue weighted by atomic mass is 10.1. The highest BCUT2D eigenvalue weighted by Gasteiger charge is 2.26. The summed E-state index contributed by atoms with van der Waals surface area (Å²) in [6.07, 6.45) is 3.21. The van der Waals surface area contributed by atoms with Crippen LogP contribution in [0.2, 0.25) is 0 Å². The highest BCUT2D eigenvalue weighted by Crippen LogP contribution is 2.25. The van der Waals surface area contributed by atoms with Crippen molar-refractivity contribution in [3.05, 3.63) is 17.5 Å². The Hall–Kier alpha value is -1.36. The van der Waals surface area contributed by atoms with Gasteiger partial charge in [-0.2, -0.15) is 0 Å². The second-order valence-corrected chi connectivity index (χ2v) is 3.06. The Bertz CT molecular complexity index is 315. The second-order valence-electron chi connectivity index (χ2n) is 3.06. The van der Waals surface area contributed by atoms with E-state index in [1.165, 1.54) is 6.20 Å². The molecule has 0 amide bonds. The van der Waals surface area contributed by atoms with E-state index in [4.69, 9.17) is 9.63 Å². The molecule has 70 valence electrons. The Morgan fingerprint density at radius 2 is 2.62 bits per heavy atom. The van der Waals surface area contributed by atoms with E-state index < -0.39 is 5.97 Å². The molecule has 1 atom stereocenters. The predicted molar refractivity (Wildman–Crippen MR) is 43.4 cm³/mol. The molecule has 1 aromatic heterocycles. The molecule has 5 heteroatoms. The molecular weight excluding hydrogens is 172 g/mol. The van der Waals surface area contributed by atoms with E-state index in [1.807, 2.05) is 0 Å². The van der Waals surface area contributed by atoms with Gasteiger partial charge in [0.05, 0.1) is 12.2 Å². The summed E-state index contributed by atoms with van der Waals surface area (Å²) in [5.74, 6) is -0.532. The normalized spacial score (nSPS) is 22.0. The molecule has 0 radical (unpaired) electrons. The fourth-order valence-corrected chi connectivity index (χ4v) is 1.57. The number of nitrogens with one attached hydrogen (secondary N) is 1. The van der Waals surface area contributed by atoms with Gasteiger partial charge in [-0.3, -0.25) is 0 Å². The van der Waals surface area contributed by atoms with Gasteiger partial charge in [0.2, 0.25) is 0 Å². The summed E-state index contributed by atoms with van der Waals surface area (Å²) in [5.41, 5.74) is 0.166. The Balaban J connectivity index is 2.28. The summed E-state index contributed by atoms with van der Waals surface area (Å²) in [4.78, 5) is 10.7. The summed E-state index contributed by atoms with van der Waals surface area (Å²) < 4.78 is 4.92. The smallest absolute Gasteiger partial charge is 0.341 e. The predicted octanol–water partition coefficient (Wildman–Crippen LogP) is 0.797. The molecule has 2 rings (SSSR count). The fraction of sp³-hybridized carbons (Fsp3) is 0.500. The van der Waals surface area contributed by atoms with Gasteiger partial charge in [-0.25, -0.2) is 4.79 Å². The maximum atomic E-state index is 10.7. The van der Waals surface area contributed by atoms with Crippen LogP contribution >= 0.6 is 0 Å². The van der Waals surface area contributed by atoms with E-state index in [9.17, 15) is 4.79 Å². The summed E-state index contributed by atoms with van der Waals surface area (Å²) >= 11 is 0. The number of hydrogen-bond acceptors (Lipinski definition) is 4. The molecule has 1 aliphatic rings. The molecule has 13 heavy (non-hydrogen) atoms. The SMILES string of the molecule is O=C(O)c1cnoc1C1CCCN1. The first kappa shape index (κ1) is 8.25. The summed E-state index contributed by atoms with van der Waals surface area (Å²) in [7, 11) is 0. The molecule has 0 aliphatic carbocycles. The first-order valence-corrected chi connectivity index (χ1v) is 4.20. The van der Waals surface area contributed by atoms with Crippen molar-refractivity contribution >= 4 is 5.97 Å². The van der Waals surface area contributed by atoms with Gasteiger partial charge in [0.25, 0.3) is 0 Å². The molecule has 1 unspecified atom stereocenters. The molecule has 0 saturated carbocycles. The van der Waals surface area contributed by atoms with Gasteiger partial charge in [-0.1, -0.05) is 5.16 Å². The Kier molecular flexibility index (Phi) is 2.02. The first-order chi connectivity index (χ1) is 6.29. The van der Waals surface area contributed by atoms with E-state index in [0.717, 1.165) is 19.4 Å². The van der Waals surface area contributed by atoms with Crippen molar-refractivity contribution in [2.45, 2.75) is 18.9 Å². The Morgan fingerprint density at radius 1 is 1.77 bits per heavy atom. The third-order valence-corrected chi connectivity index (χ3v) is 2.21. The van der Waals surface area contributed by atoms with Crippen molar-refractivity contribution in [2.75, 3.05) is 6.54 Å². The number of hydrogen-bond donors (Lipinski definition) is 2. The van der Waals surface area contributed by atoms with Crippen LogP contribution in [0.4, 0.5) is 0 Å². The standard InChI is InChI=1S/C8H10N2O3/c11-8(12)5-4-10-13-7(5)6-2-1-3-9-6/h4,6,9H,1-3H2,(H,11,12). The van der Waals surface area contributed by atoms with Crippen molar-refractivity contribution in [1.82, 2.24) is 10.5 Å². The van der Waals surface area contributed by atoms with Gasteiger partial charge < -0.3 is 14.9 Å². The molecule has 1 aromatic rings. The maximum absolute atomic E-state index is 10.7. The molecule has 0 spiro atoms. The van der Waals surface area contributed by atoms with Crippen molar-refractivity contribution in [2.24, 2.45) is 0 Å². The third kappa shape index (κ3) is 1.42. The minimum atomic E-state index is -0.982. The van der Waals surface area contributed by atoms with Crippen LogP contribution < -0.4 is 5.32 Å². The van der Waals surface area contributed by atoms with Crippen LogP contribution in [0, 0.1) is 0 Å². The minimum absolute atomic E-state index is 0.0219. The number of carboxylic acids is 1. The number of rotatable bonds is 2. The number of aromatic nitrogens is 1. The van der Waals surface area contributed by atoms with E-state index in [-0.39, 0.29) is 11.6 Å². The van der Waals surface area contributed by atoms with Gasteiger partial charge >= 0.3 is 5.97 Å². The van der Waals surface area contributed by atoms with Crippen LogP contribution in [-0.4, -0.2) is 22.8 Å². The molecule has 1 aliphatic heterocycles. The second kappa shape index (κ2) is 3.18. The lowest BCUT2D eigenvalue weighted by Gasteiger charge is -2.05. The van der Waals surface area contributed by atoms with Gasteiger partial charge in [-0.15, -0.1) is 0 Å². The highest BCUT2D eigenvalue weighted by molar-refractivity contribution is 5.88. The number of carboxylic acid groups (broad SMARTS) is 1. The molecule has 0 aromatic carbocycles. The molecule has 5 nitrogen and oxygen atoms in total. The number of aromatic carboxylic acids is 1. The van der Waals surface area contributed by atoms with E-state index >= 15 is 0 Å². The summed E-state index contributed by atoms with van der Waals surface area (Å²) in [5, 5.41) is 15.4. The van der Waals surface area contributed by atoms with Crippen molar-refractivity contribution in [3.63, 3.8) is 0 Å². The molecule has 0 bridgehead atoms. The van der Waals surface area contributed by atoms with Crippen LogP contribution in [0.15, 0.2) is 10.7 Å².